The molecule has 3 N–H and O–H groups in total. The Hall–Kier alpha value is -1.11. The maximum absolute atomic E-state index is 12.0. The molecule has 2 aliphatic carbocycles. The molecule has 2 unspecified atom stereocenters. The molecule has 0 radical (unpaired) electrons. The molecule has 0 bridgehead atoms. The highest BCUT2D eigenvalue weighted by Crippen LogP contribution is 2.26. The van der Waals surface area contributed by atoms with Gasteiger partial charge < -0.3 is 10.4 Å². The topological polar surface area (TPSA) is 78.4 Å². The number of rotatable bonds is 6. The Balaban J connectivity index is 1.58. The van der Waals surface area contributed by atoms with Crippen molar-refractivity contribution in [1.29, 1.82) is 0 Å². The summed E-state index contributed by atoms with van der Waals surface area (Å²) in [6, 6.07) is 6.93. The van der Waals surface area contributed by atoms with Crippen LogP contribution in [-0.2, 0) is 10.0 Å². The van der Waals surface area contributed by atoms with Crippen LogP contribution in [0.4, 0.5) is 5.69 Å². The second-order valence-electron chi connectivity index (χ2n) is 6.06. The summed E-state index contributed by atoms with van der Waals surface area (Å²) in [5.74, 6) is 0.296. The van der Waals surface area contributed by atoms with Crippen LogP contribution in [0.2, 0.25) is 0 Å². The molecule has 1 aromatic rings. The second kappa shape index (κ2) is 5.94. The standard InChI is InChI=1S/C15H22N2O3S/c18-15-3-1-2-11(15)10-16-12-6-8-14(9-7-12)21(19,20)17-13-4-5-13/h6-9,11,13,15-18H,1-5,10H2. The van der Waals surface area contributed by atoms with E-state index >= 15 is 0 Å². The average Bonchev–Trinajstić information content (AvgIpc) is 3.16. The van der Waals surface area contributed by atoms with Gasteiger partial charge >= 0.3 is 0 Å². The van der Waals surface area contributed by atoms with E-state index in [-0.39, 0.29) is 12.1 Å². The summed E-state index contributed by atoms with van der Waals surface area (Å²) in [5, 5.41) is 13.1. The van der Waals surface area contributed by atoms with Crippen LogP contribution in [0.25, 0.3) is 0 Å². The molecule has 0 aromatic heterocycles. The van der Waals surface area contributed by atoms with E-state index in [2.05, 4.69) is 10.0 Å². The van der Waals surface area contributed by atoms with Crippen molar-refractivity contribution in [2.24, 2.45) is 5.92 Å². The van der Waals surface area contributed by atoms with Gasteiger partial charge in [-0.2, -0.15) is 0 Å². The van der Waals surface area contributed by atoms with Gasteiger partial charge in [0.25, 0.3) is 0 Å². The molecule has 21 heavy (non-hydrogen) atoms. The predicted molar refractivity (Wildman–Crippen MR) is 81.6 cm³/mol. The van der Waals surface area contributed by atoms with Gasteiger partial charge in [-0.1, -0.05) is 6.42 Å². The fourth-order valence-electron chi connectivity index (χ4n) is 2.74. The smallest absolute Gasteiger partial charge is 0.240 e. The van der Waals surface area contributed by atoms with E-state index in [0.29, 0.717) is 10.8 Å². The Kier molecular flexibility index (Phi) is 4.19. The minimum atomic E-state index is -3.37. The Labute approximate surface area is 125 Å². The van der Waals surface area contributed by atoms with Crippen LogP contribution in [0.5, 0.6) is 0 Å². The van der Waals surface area contributed by atoms with Crippen LogP contribution in [0.1, 0.15) is 32.1 Å². The second-order valence-corrected chi connectivity index (χ2v) is 7.77. The van der Waals surface area contributed by atoms with Crippen LogP contribution in [-0.4, -0.2) is 32.2 Å². The number of nitrogens with one attached hydrogen (secondary N) is 2. The number of sulfonamides is 1. The third-order valence-electron chi connectivity index (χ3n) is 4.25. The van der Waals surface area contributed by atoms with E-state index in [1.54, 1.807) is 24.3 Å². The first kappa shape index (κ1) is 14.8. The highest BCUT2D eigenvalue weighted by molar-refractivity contribution is 7.89. The molecule has 0 amide bonds. The Morgan fingerprint density at radius 1 is 1.10 bits per heavy atom. The number of aliphatic hydroxyl groups excluding tert-OH is 1. The normalized spacial score (nSPS) is 26.0. The number of anilines is 1. The Morgan fingerprint density at radius 2 is 1.81 bits per heavy atom. The van der Waals surface area contributed by atoms with Crippen molar-refractivity contribution in [2.45, 2.75) is 49.1 Å². The maximum atomic E-state index is 12.0. The van der Waals surface area contributed by atoms with Crippen LogP contribution < -0.4 is 10.0 Å². The van der Waals surface area contributed by atoms with Crippen molar-refractivity contribution >= 4 is 15.7 Å². The number of aliphatic hydroxyl groups is 1. The van der Waals surface area contributed by atoms with Crippen molar-refractivity contribution < 1.29 is 13.5 Å². The molecule has 2 aliphatic rings. The first-order valence-electron chi connectivity index (χ1n) is 7.59. The van der Waals surface area contributed by atoms with Crippen LogP contribution in [0, 0.1) is 5.92 Å². The van der Waals surface area contributed by atoms with Gasteiger partial charge in [-0.3, -0.25) is 0 Å². The van der Waals surface area contributed by atoms with E-state index in [9.17, 15) is 13.5 Å². The van der Waals surface area contributed by atoms with Gasteiger partial charge in [0.05, 0.1) is 11.0 Å². The zero-order valence-corrected chi connectivity index (χ0v) is 12.8. The van der Waals surface area contributed by atoms with Gasteiger partial charge in [0.2, 0.25) is 10.0 Å². The molecular weight excluding hydrogens is 288 g/mol. The van der Waals surface area contributed by atoms with E-state index in [4.69, 9.17) is 0 Å². The third-order valence-corrected chi connectivity index (χ3v) is 5.79. The van der Waals surface area contributed by atoms with Gasteiger partial charge in [-0.15, -0.1) is 0 Å². The summed E-state index contributed by atoms with van der Waals surface area (Å²) in [6.07, 6.45) is 4.67. The SMILES string of the molecule is O=S(=O)(NC1CC1)c1ccc(NCC2CCCC2O)cc1. The van der Waals surface area contributed by atoms with Crippen LogP contribution in [0.15, 0.2) is 29.2 Å². The fourth-order valence-corrected chi connectivity index (χ4v) is 4.05. The molecule has 2 saturated carbocycles. The molecule has 0 aliphatic heterocycles. The highest BCUT2D eigenvalue weighted by Gasteiger charge is 2.28. The van der Waals surface area contributed by atoms with Crippen molar-refractivity contribution in [1.82, 2.24) is 4.72 Å². The van der Waals surface area contributed by atoms with Crippen molar-refractivity contribution in [2.75, 3.05) is 11.9 Å². The van der Waals surface area contributed by atoms with Crippen LogP contribution in [0.3, 0.4) is 0 Å². The Bertz CT molecular complexity index is 581. The van der Waals surface area contributed by atoms with Gasteiger partial charge in [0, 0.05) is 24.2 Å². The van der Waals surface area contributed by atoms with E-state index < -0.39 is 10.0 Å². The van der Waals surface area contributed by atoms with E-state index in [0.717, 1.165) is 44.3 Å². The lowest BCUT2D eigenvalue weighted by Crippen LogP contribution is -2.25. The van der Waals surface area contributed by atoms with Crippen molar-refractivity contribution in [3.05, 3.63) is 24.3 Å². The average molecular weight is 310 g/mol. The van der Waals surface area contributed by atoms with E-state index in [1.807, 2.05) is 0 Å². The first-order chi connectivity index (χ1) is 10.0. The summed E-state index contributed by atoms with van der Waals surface area (Å²) in [5.41, 5.74) is 0.888. The zero-order valence-electron chi connectivity index (χ0n) is 12.0. The number of hydrogen-bond acceptors (Lipinski definition) is 4. The molecular formula is C15H22N2O3S. The fraction of sp³-hybridized carbons (Fsp3) is 0.600. The summed E-state index contributed by atoms with van der Waals surface area (Å²) < 4.78 is 26.7. The summed E-state index contributed by atoms with van der Waals surface area (Å²) in [6.45, 7) is 0.730. The minimum Gasteiger partial charge on any atom is -0.393 e. The third kappa shape index (κ3) is 3.75. The van der Waals surface area contributed by atoms with Crippen molar-refractivity contribution in [3.63, 3.8) is 0 Å². The largest absolute Gasteiger partial charge is 0.393 e. The predicted octanol–water partition coefficient (Wildman–Crippen LogP) is 1.70. The molecule has 3 rings (SSSR count). The number of benzene rings is 1. The lowest BCUT2D eigenvalue weighted by Gasteiger charge is -2.16. The van der Waals surface area contributed by atoms with Gasteiger partial charge in [0.15, 0.2) is 0 Å². The minimum absolute atomic E-state index is 0.122. The molecule has 0 spiro atoms. The lowest BCUT2D eigenvalue weighted by molar-refractivity contribution is 0.138. The molecule has 2 atom stereocenters. The zero-order chi connectivity index (χ0) is 14.9. The summed E-state index contributed by atoms with van der Waals surface area (Å²) >= 11 is 0. The Morgan fingerprint density at radius 3 is 2.38 bits per heavy atom. The van der Waals surface area contributed by atoms with Crippen LogP contribution >= 0.6 is 0 Å². The molecule has 0 saturated heterocycles. The quantitative estimate of drug-likeness (QED) is 0.747. The van der Waals surface area contributed by atoms with Gasteiger partial charge in [-0.25, -0.2) is 13.1 Å². The molecule has 1 aromatic carbocycles. The molecule has 2 fully saturated rings. The first-order valence-corrected chi connectivity index (χ1v) is 9.07. The molecule has 6 heteroatoms. The highest BCUT2D eigenvalue weighted by atomic mass is 32.2. The molecule has 0 heterocycles. The number of hydrogen-bond donors (Lipinski definition) is 3. The monoisotopic (exact) mass is 310 g/mol. The molecule has 5 nitrogen and oxygen atoms in total. The molecule has 116 valence electrons. The summed E-state index contributed by atoms with van der Waals surface area (Å²) in [7, 11) is -3.37. The van der Waals surface area contributed by atoms with Gasteiger partial charge in [-0.05, 0) is 49.9 Å². The lowest BCUT2D eigenvalue weighted by atomic mass is 10.1. The van der Waals surface area contributed by atoms with Gasteiger partial charge in [0.1, 0.15) is 0 Å². The maximum Gasteiger partial charge on any atom is 0.240 e. The van der Waals surface area contributed by atoms with E-state index in [1.165, 1.54) is 0 Å². The summed E-state index contributed by atoms with van der Waals surface area (Å²) in [4.78, 5) is 0.306. The van der Waals surface area contributed by atoms with Crippen molar-refractivity contribution in [3.8, 4) is 0 Å².